The van der Waals surface area contributed by atoms with Gasteiger partial charge in [0.15, 0.2) is 0 Å². The average Bonchev–Trinajstić information content (AvgIpc) is 3.79. The van der Waals surface area contributed by atoms with Gasteiger partial charge in [-0.05, 0) is 55.4 Å². The number of fused-ring (bicyclic) bond motifs is 5. The Balaban J connectivity index is 1.07. The van der Waals surface area contributed by atoms with Gasteiger partial charge in [0.05, 0.1) is 0 Å². The van der Waals surface area contributed by atoms with E-state index in [0.29, 0.717) is 0 Å². The molecule has 0 saturated heterocycles. The normalized spacial score (nSPS) is 13.1. The molecule has 0 saturated carbocycles. The Morgan fingerprint density at radius 1 is 0.507 bits per heavy atom. The Kier molecular flexibility index (Phi) is 10.7. The SMILES string of the molecule is Cc1ccnc(-n2c3cc(Oc4cccc(-n5[c](=[Pt])n(-c6c(-c7ccccc7)cccc6-c6cc(C(C)(C)C)cc(C(C)(C)C)c6)c6ccccc65)c4)ccc3c3cc4c(cc32)CCCC4)c1. The van der Waals surface area contributed by atoms with Crippen LogP contribution in [0.4, 0.5) is 0 Å². The third-order valence-electron chi connectivity index (χ3n) is 13.7. The number of imidazole rings is 1. The molecule has 5 nitrogen and oxygen atoms in total. The van der Waals surface area contributed by atoms with Crippen LogP contribution >= 0.6 is 0 Å². The van der Waals surface area contributed by atoms with E-state index < -0.39 is 0 Å². The molecule has 0 N–H and O–H groups in total. The quantitative estimate of drug-likeness (QED) is 0.159. The van der Waals surface area contributed by atoms with Gasteiger partial charge in [-0.25, -0.2) is 0 Å². The van der Waals surface area contributed by atoms with Crippen molar-refractivity contribution in [3.8, 4) is 50.9 Å². The van der Waals surface area contributed by atoms with Crippen LogP contribution in [0.3, 0.4) is 0 Å². The molecule has 0 bridgehead atoms. The summed E-state index contributed by atoms with van der Waals surface area (Å²) >= 11 is 2.54. The summed E-state index contributed by atoms with van der Waals surface area (Å²) < 4.78 is 15.1. The molecule has 0 unspecified atom stereocenters. The molecule has 3 aromatic heterocycles. The van der Waals surface area contributed by atoms with Gasteiger partial charge < -0.3 is 0 Å². The van der Waals surface area contributed by atoms with E-state index in [1.807, 2.05) is 6.20 Å². The number of hydrogen-bond donors (Lipinski definition) is 0. The van der Waals surface area contributed by atoms with E-state index in [-0.39, 0.29) is 10.8 Å². The molecular formula is C61H56N4OPt. The van der Waals surface area contributed by atoms with E-state index in [4.69, 9.17) is 9.72 Å². The third kappa shape index (κ3) is 7.81. The van der Waals surface area contributed by atoms with E-state index in [9.17, 15) is 0 Å². The van der Waals surface area contributed by atoms with Gasteiger partial charge in [-0.15, -0.1) is 0 Å². The minimum atomic E-state index is -0.0279. The summed E-state index contributed by atoms with van der Waals surface area (Å²) in [7, 11) is 0. The second kappa shape index (κ2) is 16.6. The number of pyridine rings is 1. The van der Waals surface area contributed by atoms with Gasteiger partial charge in [0, 0.05) is 6.20 Å². The smallest absolute Gasteiger partial charge is 0.0489 e. The second-order valence-corrected chi connectivity index (χ2v) is 21.4. The summed E-state index contributed by atoms with van der Waals surface area (Å²) in [6.07, 6.45) is 6.66. The molecule has 0 fully saturated rings. The Labute approximate surface area is 404 Å². The number of aromatic nitrogens is 4. The topological polar surface area (TPSA) is 36.9 Å². The van der Waals surface area contributed by atoms with Crippen molar-refractivity contribution >= 4 is 32.8 Å². The van der Waals surface area contributed by atoms with Crippen LogP contribution in [0, 0.1) is 10.7 Å². The molecule has 6 heteroatoms. The molecule has 67 heavy (non-hydrogen) atoms. The Morgan fingerprint density at radius 3 is 1.84 bits per heavy atom. The van der Waals surface area contributed by atoms with E-state index in [1.165, 1.54) is 79.2 Å². The Bertz CT molecular complexity index is 3580. The maximum atomic E-state index is 6.88. The standard InChI is InChI=1S/C61H56N4O.Pt/c1-40-29-30-62-58(31-40)65-56-35-43-20-12-11-19-42(43)34-53(56)52-28-27-49(38-57(52)65)66-48-22-15-21-47(37-48)63-39-64(55-26-14-13-25-54(55)63)59-50(41-17-9-8-10-18-41)23-16-24-51(59)44-32-45(60(2,3)4)36-46(33-44)61(5,6)7;/h8-10,13-18,21-38H,11-12,19-20H2,1-7H3;. The zero-order valence-electron chi connectivity index (χ0n) is 39.4. The fourth-order valence-electron chi connectivity index (χ4n) is 10.1. The fraction of sp³-hybridized carbons (Fsp3) is 0.213. The molecular weight excluding hydrogens is 1000 g/mol. The number of nitrogens with zero attached hydrogens (tertiary/aromatic N) is 4. The minimum Gasteiger partial charge on any atom is -0.0489 e. The minimum absolute atomic E-state index is 0.0279. The zero-order valence-corrected chi connectivity index (χ0v) is 41.7. The molecule has 11 rings (SSSR count). The van der Waals surface area contributed by atoms with Crippen molar-refractivity contribution in [1.29, 1.82) is 0 Å². The van der Waals surface area contributed by atoms with Crippen LogP contribution in [0.1, 0.15) is 82.2 Å². The van der Waals surface area contributed by atoms with Crippen molar-refractivity contribution in [2.24, 2.45) is 0 Å². The average molecular weight is 1060 g/mol. The molecule has 0 atom stereocenters. The predicted octanol–water partition coefficient (Wildman–Crippen LogP) is 15.9. The third-order valence-corrected chi connectivity index (χ3v) is 14.7. The van der Waals surface area contributed by atoms with E-state index in [2.05, 4.69) is 239 Å². The van der Waals surface area contributed by atoms with Crippen LogP contribution in [-0.2, 0) is 43.0 Å². The number of benzene rings is 7. The van der Waals surface area contributed by atoms with Crippen molar-refractivity contribution in [2.45, 2.75) is 85.0 Å². The van der Waals surface area contributed by atoms with Gasteiger partial charge in [0.2, 0.25) is 0 Å². The molecule has 1 aliphatic rings. The number of hydrogen-bond acceptors (Lipinski definition) is 2. The van der Waals surface area contributed by atoms with Gasteiger partial charge in [-0.3, -0.25) is 0 Å². The summed E-state index contributed by atoms with van der Waals surface area (Å²) in [6, 6.07) is 57.8. The van der Waals surface area contributed by atoms with Crippen molar-refractivity contribution in [1.82, 2.24) is 18.7 Å². The molecule has 1 aliphatic carbocycles. The fourth-order valence-corrected chi connectivity index (χ4v) is 11.2. The molecule has 7 aromatic carbocycles. The first kappa shape index (κ1) is 43.0. The first-order valence-electron chi connectivity index (χ1n) is 23.6. The van der Waals surface area contributed by atoms with E-state index in [0.717, 1.165) is 61.9 Å². The van der Waals surface area contributed by atoms with Crippen LogP contribution in [0.2, 0.25) is 0 Å². The predicted molar refractivity (Wildman–Crippen MR) is 274 cm³/mol. The summed E-state index contributed by atoms with van der Waals surface area (Å²) in [5, 5.41) is 2.48. The van der Waals surface area contributed by atoms with Gasteiger partial charge in [0.25, 0.3) is 0 Å². The first-order chi connectivity index (χ1) is 32.3. The van der Waals surface area contributed by atoms with Crippen LogP contribution < -0.4 is 4.74 Å². The summed E-state index contributed by atoms with van der Waals surface area (Å²) in [6.45, 7) is 16.0. The monoisotopic (exact) mass is 1060 g/mol. The van der Waals surface area contributed by atoms with Crippen molar-refractivity contribution in [3.05, 3.63) is 196 Å². The van der Waals surface area contributed by atoms with Crippen molar-refractivity contribution in [3.63, 3.8) is 0 Å². The summed E-state index contributed by atoms with van der Waals surface area (Å²) in [4.78, 5) is 4.90. The summed E-state index contributed by atoms with van der Waals surface area (Å²) in [5.74, 6) is 2.47. The molecule has 0 aliphatic heterocycles. The Morgan fingerprint density at radius 2 is 1.13 bits per heavy atom. The molecule has 336 valence electrons. The van der Waals surface area contributed by atoms with Crippen molar-refractivity contribution in [2.75, 3.05) is 0 Å². The van der Waals surface area contributed by atoms with E-state index >= 15 is 0 Å². The number of rotatable bonds is 7. The first-order valence-corrected chi connectivity index (χ1v) is 24.8. The van der Waals surface area contributed by atoms with Crippen LogP contribution in [-0.4, -0.2) is 18.7 Å². The molecule has 3 heterocycles. The molecule has 10 aromatic rings. The molecule has 0 spiro atoms. The second-order valence-electron chi connectivity index (χ2n) is 20.4. The zero-order chi connectivity index (χ0) is 46.2. The molecule has 0 amide bonds. The maximum absolute atomic E-state index is 6.88. The Hall–Kier alpha value is -6.55. The summed E-state index contributed by atoms with van der Waals surface area (Å²) in [5.41, 5.74) is 18.2. The van der Waals surface area contributed by atoms with Crippen molar-refractivity contribution < 1.29 is 24.1 Å². The number of ether oxygens (including phenoxy) is 1. The van der Waals surface area contributed by atoms with E-state index in [1.54, 1.807) is 0 Å². The number of para-hydroxylation sites is 3. The van der Waals surface area contributed by atoms with Gasteiger partial charge in [-0.2, -0.15) is 0 Å². The van der Waals surface area contributed by atoms with Crippen LogP contribution in [0.15, 0.2) is 164 Å². The van der Waals surface area contributed by atoms with Crippen LogP contribution in [0.25, 0.3) is 72.3 Å². The van der Waals surface area contributed by atoms with Crippen LogP contribution in [0.5, 0.6) is 11.5 Å². The van der Waals surface area contributed by atoms with Gasteiger partial charge in [-0.1, -0.05) is 0 Å². The molecule has 0 radical (unpaired) electrons. The van der Waals surface area contributed by atoms with Gasteiger partial charge >= 0.3 is 346 Å². The van der Waals surface area contributed by atoms with Gasteiger partial charge in [0.1, 0.15) is 0 Å². The number of aryl methyl sites for hydroxylation is 3.